The first-order valence-corrected chi connectivity index (χ1v) is 7.37. The Labute approximate surface area is 108 Å². The van der Waals surface area contributed by atoms with Gasteiger partial charge in [0.2, 0.25) is 0 Å². The van der Waals surface area contributed by atoms with Crippen LogP contribution >= 0.6 is 34.7 Å². The first kappa shape index (κ1) is 12.2. The van der Waals surface area contributed by atoms with Crippen LogP contribution in [-0.4, -0.2) is 34.9 Å². The number of hydrogen-bond donors (Lipinski definition) is 0. The molecule has 3 nitrogen and oxygen atoms in total. The van der Waals surface area contributed by atoms with Gasteiger partial charge in [0.25, 0.3) is 0 Å². The Morgan fingerprint density at radius 1 is 1.56 bits per heavy atom. The van der Waals surface area contributed by atoms with Crippen LogP contribution in [0, 0.1) is 0 Å². The van der Waals surface area contributed by atoms with Crippen LogP contribution in [0.2, 0.25) is 5.15 Å². The third-order valence-electron chi connectivity index (χ3n) is 2.84. The number of nitrogens with zero attached hydrogens (tertiary/aromatic N) is 2. The lowest BCUT2D eigenvalue weighted by molar-refractivity contribution is 0.112. The van der Waals surface area contributed by atoms with E-state index in [0.29, 0.717) is 21.3 Å². The molecule has 2 unspecified atom stereocenters. The Bertz CT molecular complexity index is 396. The number of hydrogen-bond acceptors (Lipinski definition) is 5. The summed E-state index contributed by atoms with van der Waals surface area (Å²) in [5.41, 5.74) is 0. The van der Waals surface area contributed by atoms with Crippen molar-refractivity contribution in [2.24, 2.45) is 0 Å². The molecule has 0 radical (unpaired) electrons. The molecular formula is C10H13ClN2OS2. The van der Waals surface area contributed by atoms with E-state index in [1.165, 1.54) is 11.3 Å². The normalized spacial score (nSPS) is 25.8. The molecule has 16 heavy (non-hydrogen) atoms. The van der Waals surface area contributed by atoms with Gasteiger partial charge in [0, 0.05) is 23.6 Å². The van der Waals surface area contributed by atoms with E-state index in [4.69, 9.17) is 11.6 Å². The Balaban J connectivity index is 2.25. The molecule has 1 saturated heterocycles. The summed E-state index contributed by atoms with van der Waals surface area (Å²) in [4.78, 5) is 17.8. The Morgan fingerprint density at radius 2 is 2.31 bits per heavy atom. The molecule has 1 aliphatic rings. The molecule has 0 spiro atoms. The van der Waals surface area contributed by atoms with Crippen LogP contribution in [0.3, 0.4) is 0 Å². The SMILES string of the molecule is CC1SCCN(c2nc(Cl)c(C=O)s2)C1C. The van der Waals surface area contributed by atoms with Crippen LogP contribution in [0.4, 0.5) is 5.13 Å². The quantitative estimate of drug-likeness (QED) is 0.778. The van der Waals surface area contributed by atoms with Crippen LogP contribution in [0.25, 0.3) is 0 Å². The van der Waals surface area contributed by atoms with E-state index < -0.39 is 0 Å². The van der Waals surface area contributed by atoms with Gasteiger partial charge in [0.15, 0.2) is 16.6 Å². The molecule has 0 saturated carbocycles. The van der Waals surface area contributed by atoms with Gasteiger partial charge in [0.1, 0.15) is 4.88 Å². The summed E-state index contributed by atoms with van der Waals surface area (Å²) in [6.45, 7) is 5.38. The number of halogens is 1. The van der Waals surface area contributed by atoms with Crippen LogP contribution < -0.4 is 4.90 Å². The van der Waals surface area contributed by atoms with Gasteiger partial charge in [-0.3, -0.25) is 4.79 Å². The van der Waals surface area contributed by atoms with E-state index in [0.717, 1.165) is 23.7 Å². The zero-order chi connectivity index (χ0) is 11.7. The predicted molar refractivity (Wildman–Crippen MR) is 71.2 cm³/mol. The fourth-order valence-electron chi connectivity index (χ4n) is 1.70. The molecule has 0 aromatic carbocycles. The molecule has 0 bridgehead atoms. The highest BCUT2D eigenvalue weighted by molar-refractivity contribution is 8.00. The molecule has 2 atom stereocenters. The zero-order valence-electron chi connectivity index (χ0n) is 9.14. The van der Waals surface area contributed by atoms with Gasteiger partial charge in [-0.2, -0.15) is 11.8 Å². The summed E-state index contributed by atoms with van der Waals surface area (Å²) in [5, 5.41) is 1.77. The second-order valence-corrected chi connectivity index (χ2v) is 6.63. The summed E-state index contributed by atoms with van der Waals surface area (Å²) in [7, 11) is 0. The van der Waals surface area contributed by atoms with Crippen LogP contribution in [-0.2, 0) is 0 Å². The molecule has 1 aromatic rings. The maximum Gasteiger partial charge on any atom is 0.187 e. The Kier molecular flexibility index (Phi) is 3.77. The van der Waals surface area contributed by atoms with Gasteiger partial charge >= 0.3 is 0 Å². The fraction of sp³-hybridized carbons (Fsp3) is 0.600. The van der Waals surface area contributed by atoms with Crippen molar-refractivity contribution >= 4 is 46.1 Å². The number of thioether (sulfide) groups is 1. The minimum atomic E-state index is 0.327. The average Bonchev–Trinajstić information content (AvgIpc) is 2.63. The summed E-state index contributed by atoms with van der Waals surface area (Å²) in [6, 6.07) is 0.431. The van der Waals surface area contributed by atoms with Gasteiger partial charge in [0.05, 0.1) is 0 Å². The maximum absolute atomic E-state index is 10.7. The Morgan fingerprint density at radius 3 is 2.94 bits per heavy atom. The van der Waals surface area contributed by atoms with Crippen molar-refractivity contribution in [3.63, 3.8) is 0 Å². The lowest BCUT2D eigenvalue weighted by Crippen LogP contribution is -2.44. The van der Waals surface area contributed by atoms with Crippen LogP contribution in [0.1, 0.15) is 23.5 Å². The highest BCUT2D eigenvalue weighted by atomic mass is 35.5. The van der Waals surface area contributed by atoms with Crippen LogP contribution in [0.5, 0.6) is 0 Å². The molecule has 6 heteroatoms. The monoisotopic (exact) mass is 276 g/mol. The van der Waals surface area contributed by atoms with Gasteiger partial charge in [-0.15, -0.1) is 0 Å². The molecule has 1 aliphatic heterocycles. The predicted octanol–water partition coefficient (Wildman–Crippen LogP) is 2.94. The topological polar surface area (TPSA) is 33.2 Å². The molecule has 2 rings (SSSR count). The minimum Gasteiger partial charge on any atom is -0.343 e. The second kappa shape index (κ2) is 4.94. The summed E-state index contributed by atoms with van der Waals surface area (Å²) < 4.78 is 0. The maximum atomic E-state index is 10.7. The van der Waals surface area contributed by atoms with Crippen molar-refractivity contribution < 1.29 is 4.79 Å². The molecular weight excluding hydrogens is 264 g/mol. The standard InChI is InChI=1S/C10H13ClN2OS2/c1-6-7(2)15-4-3-13(6)10-12-9(11)8(5-14)16-10/h5-7H,3-4H2,1-2H3. The zero-order valence-corrected chi connectivity index (χ0v) is 11.5. The van der Waals surface area contributed by atoms with Crippen molar-refractivity contribution in [3.8, 4) is 0 Å². The van der Waals surface area contributed by atoms with Gasteiger partial charge in [-0.25, -0.2) is 4.98 Å². The van der Waals surface area contributed by atoms with E-state index in [2.05, 4.69) is 23.7 Å². The van der Waals surface area contributed by atoms with E-state index in [1.807, 2.05) is 11.8 Å². The molecule has 88 valence electrons. The molecule has 2 heterocycles. The van der Waals surface area contributed by atoms with E-state index >= 15 is 0 Å². The van der Waals surface area contributed by atoms with E-state index in [9.17, 15) is 4.79 Å². The number of rotatable bonds is 2. The highest BCUT2D eigenvalue weighted by Crippen LogP contribution is 2.34. The Hall–Kier alpha value is -0.260. The van der Waals surface area contributed by atoms with Crippen molar-refractivity contribution in [2.75, 3.05) is 17.2 Å². The number of thiazole rings is 1. The number of anilines is 1. The second-order valence-electron chi connectivity index (χ2n) is 3.78. The third-order valence-corrected chi connectivity index (χ3v) is 5.59. The molecule has 1 fully saturated rings. The first-order chi connectivity index (χ1) is 7.63. The first-order valence-electron chi connectivity index (χ1n) is 5.13. The van der Waals surface area contributed by atoms with E-state index in [1.54, 1.807) is 0 Å². The van der Waals surface area contributed by atoms with Crippen LogP contribution in [0.15, 0.2) is 0 Å². The molecule has 0 N–H and O–H groups in total. The van der Waals surface area contributed by atoms with Gasteiger partial charge < -0.3 is 4.90 Å². The smallest absolute Gasteiger partial charge is 0.187 e. The average molecular weight is 277 g/mol. The molecule has 0 amide bonds. The van der Waals surface area contributed by atoms with Gasteiger partial charge in [-0.1, -0.05) is 29.9 Å². The lowest BCUT2D eigenvalue weighted by Gasteiger charge is -2.37. The lowest BCUT2D eigenvalue weighted by atomic mass is 10.2. The minimum absolute atomic E-state index is 0.327. The highest BCUT2D eigenvalue weighted by Gasteiger charge is 2.27. The number of aldehydes is 1. The van der Waals surface area contributed by atoms with Crippen molar-refractivity contribution in [1.82, 2.24) is 4.98 Å². The summed E-state index contributed by atoms with van der Waals surface area (Å²) in [5.74, 6) is 1.10. The van der Waals surface area contributed by atoms with Crippen molar-refractivity contribution in [3.05, 3.63) is 10.0 Å². The van der Waals surface area contributed by atoms with Crippen molar-refractivity contribution in [1.29, 1.82) is 0 Å². The van der Waals surface area contributed by atoms with Crippen molar-refractivity contribution in [2.45, 2.75) is 25.1 Å². The van der Waals surface area contributed by atoms with E-state index in [-0.39, 0.29) is 0 Å². The summed E-state index contributed by atoms with van der Waals surface area (Å²) >= 11 is 9.24. The number of aromatic nitrogens is 1. The fourth-order valence-corrected chi connectivity index (χ4v) is 3.98. The summed E-state index contributed by atoms with van der Waals surface area (Å²) in [6.07, 6.45) is 0.774. The third kappa shape index (κ3) is 2.21. The number of carbonyl (C=O) groups excluding carboxylic acids is 1. The number of carbonyl (C=O) groups is 1. The van der Waals surface area contributed by atoms with Gasteiger partial charge in [-0.05, 0) is 6.92 Å². The largest absolute Gasteiger partial charge is 0.343 e. The molecule has 0 aliphatic carbocycles. The molecule has 1 aromatic heterocycles.